The molecule has 3 aromatic rings. The van der Waals surface area contributed by atoms with Crippen molar-refractivity contribution < 1.29 is 9.90 Å². The molecule has 0 bridgehead atoms. The lowest BCUT2D eigenvalue weighted by molar-refractivity contribution is 0.0240. The molecule has 1 aliphatic carbocycles. The van der Waals surface area contributed by atoms with Crippen LogP contribution in [0.4, 0.5) is 0 Å². The average molecular weight is 354 g/mol. The Bertz CT molecular complexity index is 868. The van der Waals surface area contributed by atoms with Crippen LogP contribution in [0.2, 0.25) is 0 Å². The van der Waals surface area contributed by atoms with E-state index in [1.165, 1.54) is 0 Å². The Morgan fingerprint density at radius 1 is 1.28 bits per heavy atom. The summed E-state index contributed by atoms with van der Waals surface area (Å²) in [6, 6.07) is 12.1. The highest BCUT2D eigenvalue weighted by Gasteiger charge is 2.36. The quantitative estimate of drug-likeness (QED) is 0.749. The predicted octanol–water partition coefficient (Wildman–Crippen LogP) is 3.79. The second-order valence-electron chi connectivity index (χ2n) is 6.90. The highest BCUT2D eigenvalue weighted by Crippen LogP contribution is 2.40. The fourth-order valence-corrected chi connectivity index (χ4v) is 4.78. The molecule has 2 aromatic heterocycles. The molecule has 1 aliphatic rings. The van der Waals surface area contributed by atoms with Crippen molar-refractivity contribution in [1.82, 2.24) is 9.88 Å². The first-order chi connectivity index (χ1) is 12.1. The molecule has 2 N–H and O–H groups in total. The van der Waals surface area contributed by atoms with Crippen molar-refractivity contribution in [3.63, 3.8) is 0 Å². The lowest BCUT2D eigenvalue weighted by Gasteiger charge is -2.37. The van der Waals surface area contributed by atoms with E-state index in [9.17, 15) is 9.90 Å². The second-order valence-corrected chi connectivity index (χ2v) is 7.88. The highest BCUT2D eigenvalue weighted by molar-refractivity contribution is 7.10. The van der Waals surface area contributed by atoms with E-state index in [2.05, 4.69) is 17.4 Å². The molecule has 1 amide bonds. The number of aliphatic hydroxyl groups is 1. The number of nitrogens with one attached hydrogen (secondary N) is 1. The summed E-state index contributed by atoms with van der Waals surface area (Å²) < 4.78 is 1.97. The van der Waals surface area contributed by atoms with Crippen molar-refractivity contribution in [3.8, 4) is 0 Å². The van der Waals surface area contributed by atoms with Gasteiger partial charge in [0.05, 0.1) is 12.1 Å². The number of hydrogen-bond acceptors (Lipinski definition) is 3. The Kier molecular flexibility index (Phi) is 4.13. The summed E-state index contributed by atoms with van der Waals surface area (Å²) in [5.41, 5.74) is 2.79. The average Bonchev–Trinajstić information content (AvgIpc) is 3.18. The summed E-state index contributed by atoms with van der Waals surface area (Å²) in [5.74, 6) is 0.253. The number of benzene rings is 1. The summed E-state index contributed by atoms with van der Waals surface area (Å²) in [6.07, 6.45) is 1.26. The van der Waals surface area contributed by atoms with Crippen molar-refractivity contribution in [1.29, 1.82) is 0 Å². The van der Waals surface area contributed by atoms with Crippen molar-refractivity contribution in [2.24, 2.45) is 13.0 Å². The van der Waals surface area contributed by atoms with E-state index in [4.69, 9.17) is 0 Å². The first-order valence-corrected chi connectivity index (χ1v) is 9.50. The van der Waals surface area contributed by atoms with Gasteiger partial charge < -0.3 is 15.0 Å². The van der Waals surface area contributed by atoms with Gasteiger partial charge in [0.25, 0.3) is 5.91 Å². The van der Waals surface area contributed by atoms with Crippen LogP contribution in [-0.2, 0) is 7.05 Å². The number of rotatable bonds is 4. The number of thiophene rings is 1. The van der Waals surface area contributed by atoms with Crippen LogP contribution in [0.1, 0.15) is 39.8 Å². The third-order valence-electron chi connectivity index (χ3n) is 5.33. The Morgan fingerprint density at radius 2 is 2.04 bits per heavy atom. The monoisotopic (exact) mass is 354 g/mol. The van der Waals surface area contributed by atoms with Gasteiger partial charge in [0, 0.05) is 22.8 Å². The normalized spacial score (nSPS) is 21.1. The number of para-hydroxylation sites is 1. The third-order valence-corrected chi connectivity index (χ3v) is 6.29. The minimum Gasteiger partial charge on any atom is -0.393 e. The van der Waals surface area contributed by atoms with Crippen molar-refractivity contribution >= 4 is 28.1 Å². The van der Waals surface area contributed by atoms with Gasteiger partial charge in [0.2, 0.25) is 0 Å². The van der Waals surface area contributed by atoms with E-state index in [1.807, 2.05) is 48.2 Å². The minimum atomic E-state index is -0.233. The van der Waals surface area contributed by atoms with Crippen LogP contribution in [-0.4, -0.2) is 21.7 Å². The van der Waals surface area contributed by atoms with Gasteiger partial charge >= 0.3 is 0 Å². The number of amides is 1. The summed E-state index contributed by atoms with van der Waals surface area (Å²) in [4.78, 5) is 14.3. The number of nitrogens with zero attached hydrogens (tertiary/aromatic N) is 1. The van der Waals surface area contributed by atoms with Crippen molar-refractivity contribution in [2.45, 2.75) is 31.9 Å². The fraction of sp³-hybridized carbons (Fsp3) is 0.350. The summed E-state index contributed by atoms with van der Waals surface area (Å²) in [6.45, 7) is 2.00. The molecule has 130 valence electrons. The number of fused-ring (bicyclic) bond motifs is 1. The third kappa shape index (κ3) is 2.77. The van der Waals surface area contributed by atoms with E-state index in [0.29, 0.717) is 11.6 Å². The van der Waals surface area contributed by atoms with Gasteiger partial charge in [-0.1, -0.05) is 24.3 Å². The van der Waals surface area contributed by atoms with Crippen LogP contribution in [0, 0.1) is 12.8 Å². The van der Waals surface area contributed by atoms with Crippen LogP contribution < -0.4 is 5.32 Å². The summed E-state index contributed by atoms with van der Waals surface area (Å²) in [7, 11) is 1.94. The zero-order valence-electron chi connectivity index (χ0n) is 14.4. The molecule has 0 saturated heterocycles. The van der Waals surface area contributed by atoms with Gasteiger partial charge in [-0.15, -0.1) is 11.3 Å². The maximum atomic E-state index is 13.1. The molecule has 4 nitrogen and oxygen atoms in total. The predicted molar refractivity (Wildman–Crippen MR) is 101 cm³/mol. The maximum Gasteiger partial charge on any atom is 0.268 e. The Balaban J connectivity index is 1.66. The molecule has 25 heavy (non-hydrogen) atoms. The van der Waals surface area contributed by atoms with Crippen molar-refractivity contribution in [2.75, 3.05) is 0 Å². The minimum absolute atomic E-state index is 0.0340. The Labute approximate surface area is 151 Å². The first-order valence-electron chi connectivity index (χ1n) is 8.62. The van der Waals surface area contributed by atoms with Crippen LogP contribution >= 0.6 is 11.3 Å². The van der Waals surface area contributed by atoms with E-state index < -0.39 is 0 Å². The molecule has 4 rings (SSSR count). The SMILES string of the molecule is Cc1c(C(=O)N[C@@H](c2cccs2)C2CC(O)C2)n(C)c2ccccc12. The summed E-state index contributed by atoms with van der Waals surface area (Å²) in [5, 5.41) is 16.1. The van der Waals surface area contributed by atoms with Gasteiger partial charge in [-0.2, -0.15) is 0 Å². The molecular weight excluding hydrogens is 332 g/mol. The molecule has 1 aromatic carbocycles. The molecule has 0 unspecified atom stereocenters. The molecular formula is C20H22N2O2S. The van der Waals surface area contributed by atoms with E-state index in [0.717, 1.165) is 34.2 Å². The highest BCUT2D eigenvalue weighted by atomic mass is 32.1. The number of carbonyl (C=O) groups excluding carboxylic acids is 1. The van der Waals surface area contributed by atoms with Gasteiger partial charge in [-0.25, -0.2) is 0 Å². The van der Waals surface area contributed by atoms with Crippen LogP contribution in [0.5, 0.6) is 0 Å². The van der Waals surface area contributed by atoms with Crippen LogP contribution in [0.25, 0.3) is 10.9 Å². The van der Waals surface area contributed by atoms with E-state index >= 15 is 0 Å². The second kappa shape index (κ2) is 6.32. The molecule has 0 spiro atoms. The summed E-state index contributed by atoms with van der Waals surface area (Å²) >= 11 is 1.66. The zero-order valence-corrected chi connectivity index (χ0v) is 15.2. The van der Waals surface area contributed by atoms with Gasteiger partial charge in [-0.05, 0) is 48.8 Å². The van der Waals surface area contributed by atoms with Gasteiger partial charge in [0.1, 0.15) is 5.69 Å². The van der Waals surface area contributed by atoms with Crippen LogP contribution in [0.15, 0.2) is 41.8 Å². The molecule has 1 saturated carbocycles. The standard InChI is InChI=1S/C20H22N2O2S/c1-12-15-6-3-4-7-16(15)22(2)19(12)20(24)21-18(13-10-14(23)11-13)17-8-5-9-25-17/h3-9,13-14,18,23H,10-11H2,1-2H3,(H,21,24)/t13?,14?,18-/m1/s1. The molecule has 0 aliphatic heterocycles. The molecule has 5 heteroatoms. The largest absolute Gasteiger partial charge is 0.393 e. The number of carbonyl (C=O) groups is 1. The number of hydrogen-bond donors (Lipinski definition) is 2. The fourth-order valence-electron chi connectivity index (χ4n) is 3.91. The molecule has 0 radical (unpaired) electrons. The van der Waals surface area contributed by atoms with Crippen LogP contribution in [0.3, 0.4) is 0 Å². The molecule has 2 heterocycles. The van der Waals surface area contributed by atoms with Crippen molar-refractivity contribution in [3.05, 3.63) is 57.9 Å². The zero-order chi connectivity index (χ0) is 17.6. The Hall–Kier alpha value is -2.11. The molecule has 1 atom stereocenters. The lowest BCUT2D eigenvalue weighted by atomic mass is 9.76. The number of aromatic nitrogens is 1. The lowest BCUT2D eigenvalue weighted by Crippen LogP contribution is -2.41. The maximum absolute atomic E-state index is 13.1. The van der Waals surface area contributed by atoms with E-state index in [1.54, 1.807) is 11.3 Å². The van der Waals surface area contributed by atoms with E-state index in [-0.39, 0.29) is 18.1 Å². The Morgan fingerprint density at radius 3 is 2.68 bits per heavy atom. The number of aryl methyl sites for hydroxylation is 2. The smallest absolute Gasteiger partial charge is 0.268 e. The molecule has 1 fully saturated rings. The topological polar surface area (TPSA) is 54.3 Å². The number of aliphatic hydroxyl groups excluding tert-OH is 1. The van der Waals surface area contributed by atoms with Gasteiger partial charge in [-0.3, -0.25) is 4.79 Å². The van der Waals surface area contributed by atoms with Gasteiger partial charge in [0.15, 0.2) is 0 Å². The first kappa shape index (κ1) is 16.4.